The molecule has 98 valence electrons. The molecule has 5 heteroatoms. The summed E-state index contributed by atoms with van der Waals surface area (Å²) in [5, 5.41) is 2.87. The average molecular weight is 259 g/mol. The van der Waals surface area contributed by atoms with Crippen LogP contribution < -0.4 is 5.32 Å². The zero-order valence-electron chi connectivity index (χ0n) is 9.81. The van der Waals surface area contributed by atoms with E-state index in [-0.39, 0.29) is 6.04 Å². The summed E-state index contributed by atoms with van der Waals surface area (Å²) in [6, 6.07) is 2.68. The van der Waals surface area contributed by atoms with Gasteiger partial charge >= 0.3 is 6.18 Å². The third kappa shape index (κ3) is 3.47. The second-order valence-electron chi connectivity index (χ2n) is 3.82. The van der Waals surface area contributed by atoms with Gasteiger partial charge in [-0.25, -0.2) is 4.39 Å². The van der Waals surface area contributed by atoms with Crippen molar-refractivity contribution in [2.24, 2.45) is 0 Å². The first-order valence-corrected chi connectivity index (χ1v) is 5.37. The van der Waals surface area contributed by atoms with Gasteiger partial charge < -0.3 is 5.32 Å². The number of hydrogen-bond donors (Lipinski definition) is 1. The summed E-state index contributed by atoms with van der Waals surface area (Å²) >= 11 is 0. The number of terminal acetylenes is 1. The summed E-state index contributed by atoms with van der Waals surface area (Å²) in [5.41, 5.74) is -0.873. The van der Waals surface area contributed by atoms with Crippen molar-refractivity contribution in [2.75, 3.05) is 7.05 Å². The minimum absolute atomic E-state index is 0.317. The molecule has 0 radical (unpaired) electrons. The Morgan fingerprint density at radius 1 is 1.39 bits per heavy atom. The molecule has 0 saturated heterocycles. The van der Waals surface area contributed by atoms with Crippen molar-refractivity contribution < 1.29 is 17.6 Å². The van der Waals surface area contributed by atoms with E-state index in [4.69, 9.17) is 6.42 Å². The summed E-state index contributed by atoms with van der Waals surface area (Å²) in [6.45, 7) is 0. The standard InChI is InChI=1S/C13H13F4N/c1-3-4-5-12(18-2)9-6-7-11(14)10(8-9)13(15,16)17/h1,6-8,12,18H,4-5H2,2H3. The minimum Gasteiger partial charge on any atom is -0.313 e. The van der Waals surface area contributed by atoms with Crippen molar-refractivity contribution in [2.45, 2.75) is 25.1 Å². The van der Waals surface area contributed by atoms with Crippen LogP contribution in [0.25, 0.3) is 0 Å². The number of rotatable bonds is 4. The number of nitrogens with one attached hydrogen (secondary N) is 1. The summed E-state index contributed by atoms with van der Waals surface area (Å²) in [5.74, 6) is 1.16. The molecule has 18 heavy (non-hydrogen) atoms. The fourth-order valence-corrected chi connectivity index (χ4v) is 1.68. The van der Waals surface area contributed by atoms with Gasteiger partial charge in [0.2, 0.25) is 0 Å². The van der Waals surface area contributed by atoms with E-state index in [0.29, 0.717) is 18.4 Å². The number of hydrogen-bond acceptors (Lipinski definition) is 1. The highest BCUT2D eigenvalue weighted by atomic mass is 19.4. The molecular weight excluding hydrogens is 246 g/mol. The molecular formula is C13H13F4N. The maximum absolute atomic E-state index is 13.1. The SMILES string of the molecule is C#CCCC(NC)c1ccc(F)c(C(F)(F)F)c1. The molecule has 1 nitrogen and oxygen atoms in total. The Balaban J connectivity index is 3.07. The first kappa shape index (κ1) is 14.5. The van der Waals surface area contributed by atoms with Crippen LogP contribution in [0.1, 0.15) is 30.0 Å². The van der Waals surface area contributed by atoms with Crippen molar-refractivity contribution in [1.29, 1.82) is 0 Å². The quantitative estimate of drug-likeness (QED) is 0.644. The number of halogens is 4. The van der Waals surface area contributed by atoms with Gasteiger partial charge in [0.1, 0.15) is 5.82 Å². The van der Waals surface area contributed by atoms with E-state index in [1.165, 1.54) is 6.07 Å². The largest absolute Gasteiger partial charge is 0.419 e. The molecule has 1 atom stereocenters. The molecule has 0 amide bonds. The average Bonchev–Trinajstić information content (AvgIpc) is 2.30. The molecule has 0 bridgehead atoms. The van der Waals surface area contributed by atoms with Gasteiger partial charge in [-0.05, 0) is 31.2 Å². The second-order valence-corrected chi connectivity index (χ2v) is 3.82. The van der Waals surface area contributed by atoms with Crippen LogP contribution in [0.3, 0.4) is 0 Å². The number of alkyl halides is 3. The third-order valence-electron chi connectivity index (χ3n) is 2.62. The van der Waals surface area contributed by atoms with Gasteiger partial charge in [0.05, 0.1) is 5.56 Å². The normalized spacial score (nSPS) is 13.1. The first-order valence-electron chi connectivity index (χ1n) is 5.37. The van der Waals surface area contributed by atoms with E-state index in [0.717, 1.165) is 12.1 Å². The van der Waals surface area contributed by atoms with Gasteiger partial charge in [-0.15, -0.1) is 12.3 Å². The van der Waals surface area contributed by atoms with Crippen LogP contribution in [0, 0.1) is 18.2 Å². The lowest BCUT2D eigenvalue weighted by atomic mass is 9.99. The van der Waals surface area contributed by atoms with E-state index in [1.54, 1.807) is 7.05 Å². The van der Waals surface area contributed by atoms with E-state index >= 15 is 0 Å². The Kier molecular flexibility index (Phi) is 4.74. The van der Waals surface area contributed by atoms with Gasteiger partial charge in [0.15, 0.2) is 0 Å². The lowest BCUT2D eigenvalue weighted by Crippen LogP contribution is -2.18. The lowest BCUT2D eigenvalue weighted by molar-refractivity contribution is -0.140. The number of benzene rings is 1. The summed E-state index contributed by atoms with van der Waals surface area (Å²) in [7, 11) is 1.62. The van der Waals surface area contributed by atoms with Gasteiger partial charge in [0, 0.05) is 12.5 Å². The van der Waals surface area contributed by atoms with E-state index in [9.17, 15) is 17.6 Å². The van der Waals surface area contributed by atoms with Crippen LogP contribution in [0.2, 0.25) is 0 Å². The Morgan fingerprint density at radius 3 is 2.56 bits per heavy atom. The maximum atomic E-state index is 13.1. The maximum Gasteiger partial charge on any atom is 0.419 e. The van der Waals surface area contributed by atoms with E-state index in [2.05, 4.69) is 11.2 Å². The molecule has 0 aromatic heterocycles. The molecule has 1 aromatic carbocycles. The molecule has 1 unspecified atom stereocenters. The Morgan fingerprint density at radius 2 is 2.06 bits per heavy atom. The van der Waals surface area contributed by atoms with Crippen LogP contribution in [-0.2, 0) is 6.18 Å². The molecule has 1 aromatic rings. The zero-order valence-corrected chi connectivity index (χ0v) is 9.81. The lowest BCUT2D eigenvalue weighted by Gasteiger charge is -2.17. The Labute approximate surface area is 103 Å². The molecule has 0 aliphatic rings. The zero-order chi connectivity index (χ0) is 13.8. The highest BCUT2D eigenvalue weighted by Gasteiger charge is 2.34. The van der Waals surface area contributed by atoms with Crippen LogP contribution >= 0.6 is 0 Å². The van der Waals surface area contributed by atoms with Crippen LogP contribution in [-0.4, -0.2) is 7.05 Å². The molecule has 0 aliphatic carbocycles. The highest BCUT2D eigenvalue weighted by Crippen LogP contribution is 2.33. The topological polar surface area (TPSA) is 12.0 Å². The molecule has 0 saturated carbocycles. The van der Waals surface area contributed by atoms with Crippen LogP contribution in [0.4, 0.5) is 17.6 Å². The van der Waals surface area contributed by atoms with Gasteiger partial charge in [-0.3, -0.25) is 0 Å². The smallest absolute Gasteiger partial charge is 0.313 e. The Hall–Kier alpha value is -1.54. The van der Waals surface area contributed by atoms with E-state index in [1.807, 2.05) is 0 Å². The monoisotopic (exact) mass is 259 g/mol. The van der Waals surface area contributed by atoms with E-state index < -0.39 is 17.6 Å². The van der Waals surface area contributed by atoms with Crippen molar-refractivity contribution in [1.82, 2.24) is 5.32 Å². The fourth-order valence-electron chi connectivity index (χ4n) is 1.68. The predicted octanol–water partition coefficient (Wildman–Crippen LogP) is 3.52. The third-order valence-corrected chi connectivity index (χ3v) is 2.62. The summed E-state index contributed by atoms with van der Waals surface area (Å²) < 4.78 is 50.8. The first-order chi connectivity index (χ1) is 8.40. The van der Waals surface area contributed by atoms with Gasteiger partial charge in [0.25, 0.3) is 0 Å². The molecule has 1 rings (SSSR count). The molecule has 1 N–H and O–H groups in total. The minimum atomic E-state index is -4.69. The summed E-state index contributed by atoms with van der Waals surface area (Å²) in [6.07, 6.45) is 1.36. The van der Waals surface area contributed by atoms with Crippen molar-refractivity contribution in [3.63, 3.8) is 0 Å². The summed E-state index contributed by atoms with van der Waals surface area (Å²) in [4.78, 5) is 0. The predicted molar refractivity (Wildman–Crippen MR) is 61.3 cm³/mol. The second kappa shape index (κ2) is 5.87. The van der Waals surface area contributed by atoms with Crippen LogP contribution in [0.15, 0.2) is 18.2 Å². The van der Waals surface area contributed by atoms with Crippen molar-refractivity contribution >= 4 is 0 Å². The molecule has 0 spiro atoms. The van der Waals surface area contributed by atoms with Crippen molar-refractivity contribution in [3.05, 3.63) is 35.1 Å². The fraction of sp³-hybridized carbons (Fsp3) is 0.385. The van der Waals surface area contributed by atoms with Crippen LogP contribution in [0.5, 0.6) is 0 Å². The highest BCUT2D eigenvalue weighted by molar-refractivity contribution is 5.29. The molecule has 0 aliphatic heterocycles. The Bertz CT molecular complexity index is 445. The molecule has 0 heterocycles. The van der Waals surface area contributed by atoms with Crippen molar-refractivity contribution in [3.8, 4) is 12.3 Å². The van der Waals surface area contributed by atoms with Gasteiger partial charge in [-0.1, -0.05) is 6.07 Å². The van der Waals surface area contributed by atoms with Gasteiger partial charge in [-0.2, -0.15) is 13.2 Å². The molecule has 0 fully saturated rings.